The molecule has 6 heteroatoms. The van der Waals surface area contributed by atoms with Crippen LogP contribution in [0.15, 0.2) is 109 Å². The van der Waals surface area contributed by atoms with E-state index in [1.807, 2.05) is 109 Å². The molecule has 178 valence electrons. The Morgan fingerprint density at radius 1 is 0.657 bits per heavy atom. The van der Waals surface area contributed by atoms with Crippen LogP contribution in [0.5, 0.6) is 17.2 Å². The van der Waals surface area contributed by atoms with Crippen LogP contribution < -0.4 is 24.8 Å². The van der Waals surface area contributed by atoms with Crippen molar-refractivity contribution in [1.29, 1.82) is 0 Å². The number of anilines is 2. The predicted molar refractivity (Wildman–Crippen MR) is 138 cm³/mol. The number of rotatable bonds is 12. The van der Waals surface area contributed by atoms with E-state index in [1.54, 1.807) is 0 Å². The monoisotopic (exact) mass is 468 g/mol. The summed E-state index contributed by atoms with van der Waals surface area (Å²) in [5, 5.41) is 6.04. The van der Waals surface area contributed by atoms with Gasteiger partial charge in [0.25, 0.3) is 0 Å². The van der Waals surface area contributed by atoms with Crippen molar-refractivity contribution in [2.75, 3.05) is 30.4 Å². The molecule has 1 amide bonds. The van der Waals surface area contributed by atoms with Gasteiger partial charge in [-0.05, 0) is 42.0 Å². The van der Waals surface area contributed by atoms with Crippen molar-refractivity contribution in [3.05, 3.63) is 115 Å². The molecule has 4 rings (SSSR count). The van der Waals surface area contributed by atoms with E-state index in [1.165, 1.54) is 0 Å². The van der Waals surface area contributed by atoms with Crippen molar-refractivity contribution in [3.8, 4) is 17.2 Å². The van der Waals surface area contributed by atoms with Gasteiger partial charge in [-0.1, -0.05) is 66.7 Å². The third-order valence-electron chi connectivity index (χ3n) is 5.05. The molecule has 4 aromatic carbocycles. The molecule has 0 saturated carbocycles. The zero-order chi connectivity index (χ0) is 24.1. The molecule has 0 heterocycles. The molecule has 0 fully saturated rings. The lowest BCUT2D eigenvalue weighted by Crippen LogP contribution is -2.22. The fourth-order valence-electron chi connectivity index (χ4n) is 3.35. The number of hydrogen-bond donors (Lipinski definition) is 2. The van der Waals surface area contributed by atoms with Gasteiger partial charge in [-0.2, -0.15) is 0 Å². The van der Waals surface area contributed by atoms with Crippen molar-refractivity contribution in [1.82, 2.24) is 0 Å². The zero-order valence-electron chi connectivity index (χ0n) is 19.4. The van der Waals surface area contributed by atoms with Gasteiger partial charge in [0.1, 0.15) is 37.1 Å². The van der Waals surface area contributed by atoms with Crippen LogP contribution in [0.1, 0.15) is 5.56 Å². The fourth-order valence-corrected chi connectivity index (χ4v) is 3.35. The van der Waals surface area contributed by atoms with Gasteiger partial charge in [-0.3, -0.25) is 4.79 Å². The molecule has 6 nitrogen and oxygen atoms in total. The Kier molecular flexibility index (Phi) is 8.60. The molecule has 0 aliphatic rings. The highest BCUT2D eigenvalue weighted by Gasteiger charge is 2.07. The van der Waals surface area contributed by atoms with E-state index in [4.69, 9.17) is 14.2 Å². The molecule has 35 heavy (non-hydrogen) atoms. The Morgan fingerprint density at radius 2 is 1.34 bits per heavy atom. The first-order valence-corrected chi connectivity index (χ1v) is 11.5. The van der Waals surface area contributed by atoms with Crippen LogP contribution in [0, 0.1) is 0 Å². The molecule has 0 unspecified atom stereocenters. The molecule has 0 bridgehead atoms. The topological polar surface area (TPSA) is 68.8 Å². The Bertz CT molecular complexity index is 1200. The average Bonchev–Trinajstić information content (AvgIpc) is 2.91. The summed E-state index contributed by atoms with van der Waals surface area (Å²) in [6.07, 6.45) is 0. The lowest BCUT2D eigenvalue weighted by atomic mass is 10.2. The first kappa shape index (κ1) is 23.7. The van der Waals surface area contributed by atoms with E-state index < -0.39 is 0 Å². The quantitative estimate of drug-likeness (QED) is 0.258. The summed E-state index contributed by atoms with van der Waals surface area (Å²) in [7, 11) is 0. The van der Waals surface area contributed by atoms with Crippen LogP contribution in [0.3, 0.4) is 0 Å². The number of nitrogens with one attached hydrogen (secondary N) is 2. The summed E-state index contributed by atoms with van der Waals surface area (Å²) < 4.78 is 17.4. The van der Waals surface area contributed by atoms with Gasteiger partial charge < -0.3 is 24.8 Å². The summed E-state index contributed by atoms with van der Waals surface area (Å²) in [5.74, 6) is 1.98. The second-order valence-electron chi connectivity index (χ2n) is 7.71. The fraction of sp³-hybridized carbons (Fsp3) is 0.138. The van der Waals surface area contributed by atoms with Crippen molar-refractivity contribution in [3.63, 3.8) is 0 Å². The van der Waals surface area contributed by atoms with Crippen LogP contribution in [-0.2, 0) is 11.4 Å². The van der Waals surface area contributed by atoms with Crippen LogP contribution in [-0.4, -0.2) is 25.7 Å². The Morgan fingerprint density at radius 3 is 2.17 bits per heavy atom. The lowest BCUT2D eigenvalue weighted by molar-refractivity contribution is -0.114. The summed E-state index contributed by atoms with van der Waals surface area (Å²) >= 11 is 0. The molecule has 0 saturated heterocycles. The lowest BCUT2D eigenvalue weighted by Gasteiger charge is -2.14. The summed E-state index contributed by atoms with van der Waals surface area (Å²) in [6, 6.07) is 34.4. The van der Waals surface area contributed by atoms with Gasteiger partial charge in [0.05, 0.1) is 12.2 Å². The standard InChI is InChI=1S/C29H28N2O4/c32-29(31-24-12-9-15-26(20-24)35-22-23-10-3-1-4-11-23)21-30-27-16-7-8-17-28(27)34-19-18-33-25-13-5-2-6-14-25/h1-17,20,30H,18-19,21-22H2,(H,31,32). The number of carbonyl (C=O) groups excluding carboxylic acids is 1. The Balaban J connectivity index is 1.23. The Hall–Kier alpha value is -4.45. The zero-order valence-corrected chi connectivity index (χ0v) is 19.4. The second kappa shape index (κ2) is 12.7. The van der Waals surface area contributed by atoms with E-state index in [0.29, 0.717) is 37.0 Å². The largest absolute Gasteiger partial charge is 0.490 e. The van der Waals surface area contributed by atoms with Gasteiger partial charge in [-0.15, -0.1) is 0 Å². The smallest absolute Gasteiger partial charge is 0.243 e. The van der Waals surface area contributed by atoms with Crippen LogP contribution in [0.25, 0.3) is 0 Å². The van der Waals surface area contributed by atoms with Gasteiger partial charge in [-0.25, -0.2) is 0 Å². The SMILES string of the molecule is O=C(CNc1ccccc1OCCOc1ccccc1)Nc1cccc(OCc2ccccc2)c1. The van der Waals surface area contributed by atoms with Crippen LogP contribution in [0.4, 0.5) is 11.4 Å². The molecule has 0 atom stereocenters. The molecular weight excluding hydrogens is 440 g/mol. The molecule has 0 spiro atoms. The normalized spacial score (nSPS) is 10.3. The third-order valence-corrected chi connectivity index (χ3v) is 5.05. The third kappa shape index (κ3) is 7.82. The first-order valence-electron chi connectivity index (χ1n) is 11.5. The maximum absolute atomic E-state index is 12.5. The molecular formula is C29H28N2O4. The first-order chi connectivity index (χ1) is 17.3. The summed E-state index contributed by atoms with van der Waals surface area (Å²) in [5.41, 5.74) is 2.49. The number of hydrogen-bond acceptors (Lipinski definition) is 5. The van der Waals surface area contributed by atoms with Gasteiger partial charge in [0.2, 0.25) is 5.91 Å². The Labute approximate surface area is 205 Å². The minimum Gasteiger partial charge on any atom is -0.490 e. The van der Waals surface area contributed by atoms with Crippen LogP contribution in [0.2, 0.25) is 0 Å². The van der Waals surface area contributed by atoms with Crippen LogP contribution >= 0.6 is 0 Å². The summed E-state index contributed by atoms with van der Waals surface area (Å²) in [4.78, 5) is 12.5. The molecule has 0 aliphatic heterocycles. The van der Waals surface area contributed by atoms with Crippen molar-refractivity contribution < 1.29 is 19.0 Å². The highest BCUT2D eigenvalue weighted by atomic mass is 16.5. The van der Waals surface area contributed by atoms with Gasteiger partial charge in [0, 0.05) is 11.8 Å². The van der Waals surface area contributed by atoms with E-state index in [9.17, 15) is 4.79 Å². The van der Waals surface area contributed by atoms with Crippen molar-refractivity contribution in [2.24, 2.45) is 0 Å². The van der Waals surface area contributed by atoms with Gasteiger partial charge in [0.15, 0.2) is 0 Å². The molecule has 4 aromatic rings. The number of benzene rings is 4. The number of para-hydroxylation sites is 3. The summed E-state index contributed by atoms with van der Waals surface area (Å²) in [6.45, 7) is 1.36. The highest BCUT2D eigenvalue weighted by Crippen LogP contribution is 2.24. The average molecular weight is 469 g/mol. The number of amides is 1. The minimum absolute atomic E-state index is 0.0932. The molecule has 0 radical (unpaired) electrons. The molecule has 0 aromatic heterocycles. The van der Waals surface area contributed by atoms with Crippen molar-refractivity contribution in [2.45, 2.75) is 6.61 Å². The van der Waals surface area contributed by atoms with E-state index >= 15 is 0 Å². The minimum atomic E-state index is -0.174. The van der Waals surface area contributed by atoms with E-state index in [0.717, 1.165) is 17.0 Å². The predicted octanol–water partition coefficient (Wildman–Crippen LogP) is 5.77. The maximum atomic E-state index is 12.5. The molecule has 2 N–H and O–H groups in total. The second-order valence-corrected chi connectivity index (χ2v) is 7.71. The highest BCUT2D eigenvalue weighted by molar-refractivity contribution is 5.94. The van der Waals surface area contributed by atoms with Crippen molar-refractivity contribution >= 4 is 17.3 Å². The van der Waals surface area contributed by atoms with E-state index in [-0.39, 0.29) is 12.5 Å². The maximum Gasteiger partial charge on any atom is 0.243 e. The number of ether oxygens (including phenoxy) is 3. The van der Waals surface area contributed by atoms with Gasteiger partial charge >= 0.3 is 0 Å². The molecule has 0 aliphatic carbocycles. The van der Waals surface area contributed by atoms with E-state index in [2.05, 4.69) is 10.6 Å². The number of carbonyl (C=O) groups is 1.